The Hall–Kier alpha value is -0.939. The fraction of sp³-hybridized carbons (Fsp3) is 0.696. The molecule has 1 atom stereocenters. The number of carbonyl (C=O) groups is 1. The van der Waals surface area contributed by atoms with Crippen LogP contribution in [0.5, 0.6) is 11.5 Å². The Morgan fingerprint density at radius 3 is 2.00 bits per heavy atom. The molecule has 1 aliphatic carbocycles. The molecule has 0 fully saturated rings. The van der Waals surface area contributed by atoms with Gasteiger partial charge in [0, 0.05) is 12.0 Å². The van der Waals surface area contributed by atoms with E-state index >= 15 is 0 Å². The normalized spacial score (nSPS) is 17.5. The molecule has 5 nitrogen and oxygen atoms in total. The van der Waals surface area contributed by atoms with Crippen molar-refractivity contribution in [3.63, 3.8) is 0 Å². The van der Waals surface area contributed by atoms with E-state index in [1.807, 2.05) is 12.1 Å². The molecule has 176 valence electrons. The molecule has 1 aromatic rings. The number of ether oxygens (including phenoxy) is 2. The monoisotopic (exact) mass is 482 g/mol. The Kier molecular flexibility index (Phi) is 7.75. The molecule has 8 heteroatoms. The SMILES string of the molecule is COc1cc2c(cc1OCC(C)C[Si](C)(O[Si](C)(C)C)O[Si](C)(C)C)C(=O)CC2(C)C. The predicted octanol–water partition coefficient (Wildman–Crippen LogP) is 6.35. The fourth-order valence-electron chi connectivity index (χ4n) is 4.54. The van der Waals surface area contributed by atoms with Crippen LogP contribution < -0.4 is 9.47 Å². The first-order chi connectivity index (χ1) is 13.9. The van der Waals surface area contributed by atoms with Crippen LogP contribution in [0.4, 0.5) is 0 Å². The van der Waals surface area contributed by atoms with E-state index in [2.05, 4.69) is 66.6 Å². The number of hydrogen-bond acceptors (Lipinski definition) is 5. The van der Waals surface area contributed by atoms with Crippen LogP contribution >= 0.6 is 0 Å². The fourth-order valence-corrected chi connectivity index (χ4v) is 17.5. The molecular weight excluding hydrogens is 441 g/mol. The minimum Gasteiger partial charge on any atom is -0.493 e. The van der Waals surface area contributed by atoms with E-state index in [-0.39, 0.29) is 17.1 Å². The van der Waals surface area contributed by atoms with Gasteiger partial charge < -0.3 is 17.7 Å². The highest BCUT2D eigenvalue weighted by molar-refractivity contribution is 6.87. The van der Waals surface area contributed by atoms with Gasteiger partial charge in [-0.3, -0.25) is 4.79 Å². The molecule has 0 radical (unpaired) electrons. The molecule has 0 spiro atoms. The van der Waals surface area contributed by atoms with Gasteiger partial charge in [0.15, 0.2) is 33.9 Å². The lowest BCUT2D eigenvalue weighted by molar-refractivity contribution is 0.0979. The second-order valence-electron chi connectivity index (χ2n) is 11.7. The van der Waals surface area contributed by atoms with Gasteiger partial charge in [0.25, 0.3) is 0 Å². The van der Waals surface area contributed by atoms with Gasteiger partial charge in [-0.15, -0.1) is 0 Å². The van der Waals surface area contributed by atoms with Crippen LogP contribution in [-0.2, 0) is 13.6 Å². The smallest absolute Gasteiger partial charge is 0.314 e. The Bertz CT molecular complexity index is 793. The van der Waals surface area contributed by atoms with E-state index in [4.69, 9.17) is 17.7 Å². The summed E-state index contributed by atoms with van der Waals surface area (Å²) in [5, 5.41) is 0. The van der Waals surface area contributed by atoms with Crippen molar-refractivity contribution in [1.82, 2.24) is 0 Å². The lowest BCUT2D eigenvalue weighted by atomic mass is 9.86. The van der Waals surface area contributed by atoms with E-state index in [0.29, 0.717) is 24.5 Å². The molecule has 1 unspecified atom stereocenters. The first-order valence-corrected chi connectivity index (χ1v) is 20.6. The van der Waals surface area contributed by atoms with Gasteiger partial charge in [0.2, 0.25) is 0 Å². The number of fused-ring (bicyclic) bond motifs is 1. The first kappa shape index (κ1) is 26.3. The third kappa shape index (κ3) is 7.28. The zero-order valence-corrected chi connectivity index (χ0v) is 24.4. The van der Waals surface area contributed by atoms with E-state index in [0.717, 1.165) is 17.2 Å². The summed E-state index contributed by atoms with van der Waals surface area (Å²) in [6.45, 7) is 22.4. The Balaban J connectivity index is 2.16. The number of methoxy groups -OCH3 is 1. The van der Waals surface area contributed by atoms with E-state index in [1.54, 1.807) is 7.11 Å². The molecule has 0 aromatic heterocycles. The lowest BCUT2D eigenvalue weighted by Crippen LogP contribution is -2.53. The van der Waals surface area contributed by atoms with Crippen LogP contribution in [-0.4, -0.2) is 44.7 Å². The molecule has 1 aromatic carbocycles. The molecule has 0 bridgehead atoms. The third-order valence-electron chi connectivity index (χ3n) is 5.22. The first-order valence-electron chi connectivity index (χ1n) is 11.2. The Morgan fingerprint density at radius 1 is 0.968 bits per heavy atom. The van der Waals surface area contributed by atoms with Crippen LogP contribution in [0.25, 0.3) is 0 Å². The van der Waals surface area contributed by atoms with Crippen molar-refractivity contribution in [2.45, 2.75) is 84.5 Å². The van der Waals surface area contributed by atoms with Gasteiger partial charge in [-0.25, -0.2) is 0 Å². The molecule has 2 rings (SSSR count). The molecule has 0 aliphatic heterocycles. The van der Waals surface area contributed by atoms with Crippen LogP contribution in [0, 0.1) is 5.92 Å². The number of hydrogen-bond donors (Lipinski definition) is 0. The highest BCUT2D eigenvalue weighted by atomic mass is 28.5. The molecular formula is C23H42O5Si3. The molecule has 0 saturated carbocycles. The van der Waals surface area contributed by atoms with Crippen molar-refractivity contribution in [3.8, 4) is 11.5 Å². The number of benzene rings is 1. The average molecular weight is 483 g/mol. The average Bonchev–Trinajstić information content (AvgIpc) is 2.76. The molecule has 0 N–H and O–H groups in total. The zero-order valence-electron chi connectivity index (χ0n) is 21.4. The highest BCUT2D eigenvalue weighted by Crippen LogP contribution is 2.43. The van der Waals surface area contributed by atoms with Crippen LogP contribution in [0.3, 0.4) is 0 Å². The molecule has 1 aliphatic rings. The standard InChI is InChI=1S/C23H42O5Si3/c1-17(16-31(11,27-29(5,6)7)28-30(8,9)10)15-26-22-12-18-19(13-21(22)25-4)23(2,3)14-20(18)24/h12-13,17H,14-16H2,1-11H3. The quantitative estimate of drug-likeness (QED) is 0.364. The number of carbonyl (C=O) groups excluding carboxylic acids is 1. The van der Waals surface area contributed by atoms with Crippen molar-refractivity contribution in [2.75, 3.05) is 13.7 Å². The van der Waals surface area contributed by atoms with Gasteiger partial charge >= 0.3 is 8.56 Å². The molecule has 0 saturated heterocycles. The third-order valence-corrected chi connectivity index (χ3v) is 15.0. The van der Waals surface area contributed by atoms with Crippen molar-refractivity contribution in [2.24, 2.45) is 5.92 Å². The maximum atomic E-state index is 12.5. The minimum absolute atomic E-state index is 0.165. The van der Waals surface area contributed by atoms with Crippen LogP contribution in [0.2, 0.25) is 51.9 Å². The molecule has 0 amide bonds. The number of ketones is 1. The van der Waals surface area contributed by atoms with Crippen LogP contribution in [0.1, 0.15) is 43.1 Å². The van der Waals surface area contributed by atoms with Crippen molar-refractivity contribution < 1.29 is 22.5 Å². The van der Waals surface area contributed by atoms with Crippen molar-refractivity contribution >= 4 is 31.0 Å². The Morgan fingerprint density at radius 2 is 1.52 bits per heavy atom. The summed E-state index contributed by atoms with van der Waals surface area (Å²) in [6.07, 6.45) is 0.525. The summed E-state index contributed by atoms with van der Waals surface area (Å²) in [7, 11) is -4.15. The maximum absolute atomic E-state index is 12.5. The lowest BCUT2D eigenvalue weighted by Gasteiger charge is -2.39. The summed E-state index contributed by atoms with van der Waals surface area (Å²) in [5.74, 6) is 1.76. The molecule has 0 heterocycles. The van der Waals surface area contributed by atoms with Crippen molar-refractivity contribution in [1.29, 1.82) is 0 Å². The highest BCUT2D eigenvalue weighted by Gasteiger charge is 2.41. The Labute approximate surface area is 192 Å². The summed E-state index contributed by atoms with van der Waals surface area (Å²) >= 11 is 0. The second kappa shape index (κ2) is 9.13. The van der Waals surface area contributed by atoms with Crippen LogP contribution in [0.15, 0.2) is 12.1 Å². The van der Waals surface area contributed by atoms with Gasteiger partial charge in [0.05, 0.1) is 13.7 Å². The summed E-state index contributed by atoms with van der Waals surface area (Å²) in [5.41, 5.74) is 1.64. The summed E-state index contributed by atoms with van der Waals surface area (Å²) < 4.78 is 25.1. The summed E-state index contributed by atoms with van der Waals surface area (Å²) in [6, 6.07) is 4.72. The topological polar surface area (TPSA) is 54.0 Å². The van der Waals surface area contributed by atoms with Gasteiger partial charge in [-0.05, 0) is 80.9 Å². The maximum Gasteiger partial charge on any atom is 0.314 e. The minimum atomic E-state index is -2.33. The van der Waals surface area contributed by atoms with E-state index in [9.17, 15) is 4.79 Å². The number of rotatable bonds is 10. The summed E-state index contributed by atoms with van der Waals surface area (Å²) in [4.78, 5) is 12.5. The zero-order chi connectivity index (χ0) is 23.8. The van der Waals surface area contributed by atoms with Gasteiger partial charge in [0.1, 0.15) is 0 Å². The second-order valence-corrected chi connectivity index (χ2v) is 24.5. The van der Waals surface area contributed by atoms with E-state index in [1.165, 1.54) is 0 Å². The van der Waals surface area contributed by atoms with E-state index < -0.39 is 25.2 Å². The van der Waals surface area contributed by atoms with Crippen molar-refractivity contribution in [3.05, 3.63) is 23.3 Å². The molecule has 31 heavy (non-hydrogen) atoms. The number of Topliss-reactive ketones (excluding diaryl/α,β-unsaturated/α-hetero) is 1. The largest absolute Gasteiger partial charge is 0.493 e. The van der Waals surface area contributed by atoms with Gasteiger partial charge in [-0.2, -0.15) is 0 Å². The van der Waals surface area contributed by atoms with Gasteiger partial charge in [-0.1, -0.05) is 20.8 Å². The predicted molar refractivity (Wildman–Crippen MR) is 135 cm³/mol.